The molecule has 19 heavy (non-hydrogen) atoms. The summed E-state index contributed by atoms with van der Waals surface area (Å²) in [6, 6.07) is 4.61. The smallest absolute Gasteiger partial charge is 0.159 e. The Bertz CT molecular complexity index is 554. The van der Waals surface area contributed by atoms with Crippen molar-refractivity contribution in [2.45, 2.75) is 38.0 Å². The van der Waals surface area contributed by atoms with Gasteiger partial charge in [-0.15, -0.1) is 5.10 Å². The summed E-state index contributed by atoms with van der Waals surface area (Å²) in [6.45, 7) is 0. The Morgan fingerprint density at radius 1 is 1.21 bits per heavy atom. The molecule has 0 aliphatic heterocycles. The van der Waals surface area contributed by atoms with Crippen LogP contribution < -0.4 is 5.73 Å². The van der Waals surface area contributed by atoms with Gasteiger partial charge < -0.3 is 5.73 Å². The summed E-state index contributed by atoms with van der Waals surface area (Å²) in [5, 5.41) is 11.7. The van der Waals surface area contributed by atoms with Gasteiger partial charge in [0.15, 0.2) is 11.6 Å². The van der Waals surface area contributed by atoms with E-state index in [1.165, 1.54) is 30.0 Å². The van der Waals surface area contributed by atoms with Gasteiger partial charge in [0.05, 0.1) is 5.69 Å². The van der Waals surface area contributed by atoms with E-state index in [0.717, 1.165) is 18.7 Å². The summed E-state index contributed by atoms with van der Waals surface area (Å²) in [5.41, 5.74) is 6.46. The number of hydrogen-bond donors (Lipinski definition) is 1. The zero-order valence-corrected chi connectivity index (χ0v) is 10.6. The molecule has 0 spiro atoms. The fourth-order valence-corrected chi connectivity index (χ4v) is 2.72. The van der Waals surface area contributed by atoms with Crippen molar-refractivity contribution in [3.05, 3.63) is 29.8 Å². The molecule has 5 nitrogen and oxygen atoms in total. The molecule has 0 amide bonds. The SMILES string of the molecule is Nc1cccc(F)c1-n1nnnc1C1CCCCC1. The molecule has 1 aromatic carbocycles. The Labute approximate surface area is 110 Å². The molecule has 2 N–H and O–H groups in total. The van der Waals surface area contributed by atoms with Crippen LogP contribution in [0.4, 0.5) is 10.1 Å². The van der Waals surface area contributed by atoms with Gasteiger partial charge in [0.25, 0.3) is 0 Å². The molecule has 1 aromatic heterocycles. The molecule has 1 aliphatic carbocycles. The van der Waals surface area contributed by atoms with Crippen LogP contribution in [0.15, 0.2) is 18.2 Å². The van der Waals surface area contributed by atoms with Crippen molar-refractivity contribution in [2.24, 2.45) is 0 Å². The van der Waals surface area contributed by atoms with Gasteiger partial charge in [-0.3, -0.25) is 0 Å². The average molecular weight is 261 g/mol. The van der Waals surface area contributed by atoms with Gasteiger partial charge in [-0.2, -0.15) is 4.68 Å². The van der Waals surface area contributed by atoms with Gasteiger partial charge in [0, 0.05) is 5.92 Å². The third-order valence-corrected chi connectivity index (χ3v) is 3.69. The van der Waals surface area contributed by atoms with E-state index >= 15 is 0 Å². The first-order valence-electron chi connectivity index (χ1n) is 6.60. The van der Waals surface area contributed by atoms with Crippen LogP contribution >= 0.6 is 0 Å². The lowest BCUT2D eigenvalue weighted by Crippen LogP contribution is -2.14. The Morgan fingerprint density at radius 2 is 2.00 bits per heavy atom. The largest absolute Gasteiger partial charge is 0.397 e. The summed E-state index contributed by atoms with van der Waals surface area (Å²) >= 11 is 0. The molecule has 3 rings (SSSR count). The number of nitrogen functional groups attached to an aromatic ring is 1. The first-order valence-corrected chi connectivity index (χ1v) is 6.60. The summed E-state index contributed by atoms with van der Waals surface area (Å²) in [6.07, 6.45) is 5.69. The van der Waals surface area contributed by atoms with E-state index in [-0.39, 0.29) is 5.69 Å². The topological polar surface area (TPSA) is 69.6 Å². The number of tetrazole rings is 1. The maximum atomic E-state index is 14.0. The van der Waals surface area contributed by atoms with Gasteiger partial charge in [-0.05, 0) is 35.4 Å². The predicted molar refractivity (Wildman–Crippen MR) is 69.4 cm³/mol. The zero-order valence-electron chi connectivity index (χ0n) is 10.6. The molecule has 1 fully saturated rings. The van der Waals surface area contributed by atoms with Gasteiger partial charge >= 0.3 is 0 Å². The standard InChI is InChI=1S/C13H16FN5/c14-10-7-4-8-11(15)12(10)19-13(16-17-18-19)9-5-2-1-3-6-9/h4,7-9H,1-3,5-6,15H2. The molecule has 100 valence electrons. The van der Waals surface area contributed by atoms with Crippen molar-refractivity contribution in [2.75, 3.05) is 5.73 Å². The minimum absolute atomic E-state index is 0.257. The van der Waals surface area contributed by atoms with Crippen LogP contribution in [0.5, 0.6) is 0 Å². The van der Waals surface area contributed by atoms with Gasteiger partial charge in [0.2, 0.25) is 0 Å². The van der Waals surface area contributed by atoms with Crippen molar-refractivity contribution >= 4 is 5.69 Å². The Kier molecular flexibility index (Phi) is 3.15. The molecule has 0 unspecified atom stereocenters. The third kappa shape index (κ3) is 2.18. The first-order chi connectivity index (χ1) is 9.27. The second kappa shape index (κ2) is 4.95. The second-order valence-corrected chi connectivity index (χ2v) is 4.96. The number of nitrogens with zero attached hydrogens (tertiary/aromatic N) is 4. The number of hydrogen-bond acceptors (Lipinski definition) is 4. The number of nitrogens with two attached hydrogens (primary N) is 1. The highest BCUT2D eigenvalue weighted by molar-refractivity contribution is 5.58. The minimum atomic E-state index is -0.399. The lowest BCUT2D eigenvalue weighted by molar-refractivity contribution is 0.421. The van der Waals surface area contributed by atoms with Crippen molar-refractivity contribution in [3.8, 4) is 5.69 Å². The molecule has 0 saturated heterocycles. The van der Waals surface area contributed by atoms with Gasteiger partial charge in [-0.1, -0.05) is 25.3 Å². The molecule has 2 aromatic rings. The van der Waals surface area contributed by atoms with Crippen LogP contribution in [-0.4, -0.2) is 20.2 Å². The number of anilines is 1. The van der Waals surface area contributed by atoms with Crippen molar-refractivity contribution in [1.82, 2.24) is 20.2 Å². The van der Waals surface area contributed by atoms with Gasteiger partial charge in [-0.25, -0.2) is 4.39 Å². The van der Waals surface area contributed by atoms with E-state index in [2.05, 4.69) is 15.5 Å². The molecule has 1 aliphatic rings. The number of para-hydroxylation sites is 1. The maximum Gasteiger partial charge on any atom is 0.159 e. The van der Waals surface area contributed by atoms with E-state index in [9.17, 15) is 4.39 Å². The predicted octanol–water partition coefficient (Wildman–Crippen LogP) is 2.43. The van der Waals surface area contributed by atoms with E-state index < -0.39 is 5.82 Å². The molecular weight excluding hydrogens is 245 g/mol. The maximum absolute atomic E-state index is 14.0. The third-order valence-electron chi connectivity index (χ3n) is 3.69. The molecular formula is C13H16FN5. The monoisotopic (exact) mass is 261 g/mol. The summed E-state index contributed by atoms with van der Waals surface area (Å²) in [7, 11) is 0. The second-order valence-electron chi connectivity index (χ2n) is 4.96. The lowest BCUT2D eigenvalue weighted by atomic mass is 9.88. The summed E-state index contributed by atoms with van der Waals surface area (Å²) in [5.74, 6) is 0.614. The van der Waals surface area contributed by atoms with Crippen LogP contribution in [0.3, 0.4) is 0 Å². The van der Waals surface area contributed by atoms with E-state index in [4.69, 9.17) is 5.73 Å². The fraction of sp³-hybridized carbons (Fsp3) is 0.462. The Hall–Kier alpha value is -1.98. The summed E-state index contributed by atoms with van der Waals surface area (Å²) < 4.78 is 15.4. The zero-order chi connectivity index (χ0) is 13.2. The van der Waals surface area contributed by atoms with Crippen molar-refractivity contribution < 1.29 is 4.39 Å². The molecule has 0 bridgehead atoms. The van der Waals surface area contributed by atoms with Crippen LogP contribution in [0.2, 0.25) is 0 Å². The highest BCUT2D eigenvalue weighted by Gasteiger charge is 2.24. The molecule has 1 heterocycles. The first kappa shape index (κ1) is 12.1. The molecule has 0 radical (unpaired) electrons. The average Bonchev–Trinajstić information content (AvgIpc) is 2.89. The number of halogens is 1. The quantitative estimate of drug-likeness (QED) is 0.843. The Balaban J connectivity index is 2.04. The minimum Gasteiger partial charge on any atom is -0.397 e. The number of rotatable bonds is 2. The van der Waals surface area contributed by atoms with Crippen LogP contribution in [0.25, 0.3) is 5.69 Å². The molecule has 6 heteroatoms. The fourth-order valence-electron chi connectivity index (χ4n) is 2.72. The van der Waals surface area contributed by atoms with Crippen LogP contribution in [0, 0.1) is 5.82 Å². The van der Waals surface area contributed by atoms with Crippen LogP contribution in [0.1, 0.15) is 43.8 Å². The number of benzene rings is 1. The van der Waals surface area contributed by atoms with Crippen molar-refractivity contribution in [1.29, 1.82) is 0 Å². The van der Waals surface area contributed by atoms with E-state index in [1.54, 1.807) is 12.1 Å². The highest BCUT2D eigenvalue weighted by atomic mass is 19.1. The van der Waals surface area contributed by atoms with Crippen molar-refractivity contribution in [3.63, 3.8) is 0 Å². The molecule has 1 saturated carbocycles. The number of aromatic nitrogens is 4. The highest BCUT2D eigenvalue weighted by Crippen LogP contribution is 2.33. The van der Waals surface area contributed by atoms with Crippen LogP contribution in [-0.2, 0) is 0 Å². The van der Waals surface area contributed by atoms with Gasteiger partial charge in [0.1, 0.15) is 5.69 Å². The summed E-state index contributed by atoms with van der Waals surface area (Å²) in [4.78, 5) is 0. The lowest BCUT2D eigenvalue weighted by Gasteiger charge is -2.20. The van der Waals surface area contributed by atoms with E-state index in [1.807, 2.05) is 0 Å². The molecule has 0 atom stereocenters. The van der Waals surface area contributed by atoms with E-state index in [0.29, 0.717) is 11.6 Å². The normalized spacial score (nSPS) is 16.7. The Morgan fingerprint density at radius 3 is 2.74 bits per heavy atom.